The molecule has 4 heteroatoms. The number of hydrogen-bond donors (Lipinski definition) is 1. The van der Waals surface area contributed by atoms with E-state index in [1.54, 1.807) is 4.90 Å². The number of para-hydroxylation sites is 1. The first kappa shape index (κ1) is 17.0. The van der Waals surface area contributed by atoms with Crippen LogP contribution in [0.15, 0.2) is 84.9 Å². The van der Waals surface area contributed by atoms with E-state index in [0.717, 1.165) is 16.8 Å². The number of carbonyl (C=O) groups excluding carboxylic acids is 2. The Bertz CT molecular complexity index is 937. The molecule has 1 saturated heterocycles. The molecule has 0 bridgehead atoms. The van der Waals surface area contributed by atoms with Crippen LogP contribution < -0.4 is 10.2 Å². The summed E-state index contributed by atoms with van der Waals surface area (Å²) >= 11 is 0. The molecule has 0 radical (unpaired) electrons. The highest BCUT2D eigenvalue weighted by molar-refractivity contribution is 5.99. The Morgan fingerprint density at radius 1 is 0.815 bits per heavy atom. The summed E-state index contributed by atoms with van der Waals surface area (Å²) in [6.07, 6.45) is 0.322. The van der Waals surface area contributed by atoms with Crippen LogP contribution in [-0.4, -0.2) is 24.4 Å². The van der Waals surface area contributed by atoms with E-state index in [2.05, 4.69) is 5.32 Å². The van der Waals surface area contributed by atoms with Crippen LogP contribution in [0.2, 0.25) is 0 Å². The van der Waals surface area contributed by atoms with Crippen molar-refractivity contribution in [1.29, 1.82) is 0 Å². The fourth-order valence-electron chi connectivity index (χ4n) is 3.38. The van der Waals surface area contributed by atoms with Crippen LogP contribution in [0.4, 0.5) is 5.69 Å². The summed E-state index contributed by atoms with van der Waals surface area (Å²) in [5.41, 5.74) is 3.65. The molecule has 1 aliphatic heterocycles. The van der Waals surface area contributed by atoms with Gasteiger partial charge in [-0.1, -0.05) is 60.7 Å². The molecule has 134 valence electrons. The van der Waals surface area contributed by atoms with Crippen molar-refractivity contribution < 1.29 is 9.59 Å². The van der Waals surface area contributed by atoms with Crippen molar-refractivity contribution >= 4 is 17.5 Å². The molecular formula is C23H20N2O2. The second kappa shape index (κ2) is 7.46. The number of hydrogen-bond acceptors (Lipinski definition) is 2. The van der Waals surface area contributed by atoms with Crippen molar-refractivity contribution in [3.63, 3.8) is 0 Å². The first-order valence-electron chi connectivity index (χ1n) is 9.02. The first-order valence-corrected chi connectivity index (χ1v) is 9.02. The summed E-state index contributed by atoms with van der Waals surface area (Å²) in [6.45, 7) is 0.497. The van der Waals surface area contributed by atoms with Crippen LogP contribution in [0, 0.1) is 0 Å². The lowest BCUT2D eigenvalue weighted by Crippen LogP contribution is -2.37. The zero-order valence-electron chi connectivity index (χ0n) is 14.8. The lowest BCUT2D eigenvalue weighted by atomic mass is 10.0. The zero-order valence-corrected chi connectivity index (χ0v) is 14.8. The van der Waals surface area contributed by atoms with Crippen molar-refractivity contribution in [3.8, 4) is 11.1 Å². The fraction of sp³-hybridized carbons (Fsp3) is 0.130. The van der Waals surface area contributed by atoms with E-state index in [9.17, 15) is 9.59 Å². The number of carbonyl (C=O) groups is 2. The Labute approximate surface area is 158 Å². The highest BCUT2D eigenvalue weighted by atomic mass is 16.2. The molecule has 1 heterocycles. The molecule has 0 saturated carbocycles. The standard InChI is InChI=1S/C23H20N2O2/c26-22-15-20(16-25(22)21-9-5-2-6-10-21)24-23(27)19-13-11-18(12-14-19)17-7-3-1-4-8-17/h1-14,20H,15-16H2,(H,24,27). The Morgan fingerprint density at radius 2 is 1.41 bits per heavy atom. The second-order valence-corrected chi connectivity index (χ2v) is 6.66. The summed E-state index contributed by atoms with van der Waals surface area (Å²) < 4.78 is 0. The number of nitrogens with one attached hydrogen (secondary N) is 1. The van der Waals surface area contributed by atoms with Crippen LogP contribution in [0.25, 0.3) is 11.1 Å². The van der Waals surface area contributed by atoms with E-state index in [-0.39, 0.29) is 17.9 Å². The van der Waals surface area contributed by atoms with Crippen LogP contribution in [0.3, 0.4) is 0 Å². The van der Waals surface area contributed by atoms with Crippen molar-refractivity contribution in [2.45, 2.75) is 12.5 Å². The Hall–Kier alpha value is -3.40. The van der Waals surface area contributed by atoms with Gasteiger partial charge in [-0.15, -0.1) is 0 Å². The SMILES string of the molecule is O=C(NC1CC(=O)N(c2ccccc2)C1)c1ccc(-c2ccccc2)cc1. The Kier molecular flexibility index (Phi) is 4.71. The molecule has 4 nitrogen and oxygen atoms in total. The fourth-order valence-corrected chi connectivity index (χ4v) is 3.38. The normalized spacial score (nSPS) is 16.4. The lowest BCUT2D eigenvalue weighted by Gasteiger charge is -2.17. The predicted octanol–water partition coefficient (Wildman–Crippen LogP) is 3.89. The molecular weight excluding hydrogens is 336 g/mol. The summed E-state index contributed by atoms with van der Waals surface area (Å²) in [6, 6.07) is 26.9. The van der Waals surface area contributed by atoms with Gasteiger partial charge < -0.3 is 10.2 Å². The molecule has 0 aliphatic carbocycles. The minimum Gasteiger partial charge on any atom is -0.347 e. The number of anilines is 1. The first-order chi connectivity index (χ1) is 13.2. The summed E-state index contributed by atoms with van der Waals surface area (Å²) in [5.74, 6) is -0.117. The van der Waals surface area contributed by atoms with Gasteiger partial charge in [-0.25, -0.2) is 0 Å². The molecule has 3 aromatic carbocycles. The third kappa shape index (κ3) is 3.75. The van der Waals surface area contributed by atoms with E-state index in [1.165, 1.54) is 0 Å². The molecule has 1 fully saturated rings. The van der Waals surface area contributed by atoms with Crippen LogP contribution >= 0.6 is 0 Å². The maximum atomic E-state index is 12.6. The number of amides is 2. The molecule has 0 aromatic heterocycles. The molecule has 2 amide bonds. The Balaban J connectivity index is 1.42. The average Bonchev–Trinajstić information content (AvgIpc) is 3.09. The maximum absolute atomic E-state index is 12.6. The molecule has 3 aromatic rings. The van der Waals surface area contributed by atoms with E-state index in [4.69, 9.17) is 0 Å². The van der Waals surface area contributed by atoms with Crippen molar-refractivity contribution in [2.24, 2.45) is 0 Å². The summed E-state index contributed by atoms with van der Waals surface area (Å²) in [5, 5.41) is 2.98. The van der Waals surface area contributed by atoms with E-state index < -0.39 is 0 Å². The topological polar surface area (TPSA) is 49.4 Å². The molecule has 1 aliphatic rings. The zero-order chi connectivity index (χ0) is 18.6. The maximum Gasteiger partial charge on any atom is 0.251 e. The van der Waals surface area contributed by atoms with Gasteiger partial charge in [-0.05, 0) is 35.4 Å². The van der Waals surface area contributed by atoms with Gasteiger partial charge in [0.2, 0.25) is 5.91 Å². The summed E-state index contributed by atoms with van der Waals surface area (Å²) in [4.78, 5) is 26.6. The molecule has 1 unspecified atom stereocenters. The molecule has 27 heavy (non-hydrogen) atoms. The minimum absolute atomic E-state index is 0.0333. The van der Waals surface area contributed by atoms with Gasteiger partial charge in [-0.3, -0.25) is 9.59 Å². The number of rotatable bonds is 4. The van der Waals surface area contributed by atoms with E-state index >= 15 is 0 Å². The largest absolute Gasteiger partial charge is 0.347 e. The lowest BCUT2D eigenvalue weighted by molar-refractivity contribution is -0.117. The molecule has 4 rings (SSSR count). The third-order valence-corrected chi connectivity index (χ3v) is 4.78. The van der Waals surface area contributed by atoms with Gasteiger partial charge >= 0.3 is 0 Å². The van der Waals surface area contributed by atoms with Crippen LogP contribution in [0.5, 0.6) is 0 Å². The molecule has 1 N–H and O–H groups in total. The van der Waals surface area contributed by atoms with Crippen LogP contribution in [-0.2, 0) is 4.79 Å². The number of nitrogens with zero attached hydrogens (tertiary/aromatic N) is 1. The van der Waals surface area contributed by atoms with Gasteiger partial charge in [0.1, 0.15) is 0 Å². The van der Waals surface area contributed by atoms with Crippen molar-refractivity contribution in [2.75, 3.05) is 11.4 Å². The highest BCUT2D eigenvalue weighted by Crippen LogP contribution is 2.22. The van der Waals surface area contributed by atoms with Gasteiger partial charge in [0.15, 0.2) is 0 Å². The van der Waals surface area contributed by atoms with Gasteiger partial charge in [0.05, 0.1) is 6.04 Å². The van der Waals surface area contributed by atoms with Gasteiger partial charge in [0, 0.05) is 24.2 Å². The van der Waals surface area contributed by atoms with Gasteiger partial charge in [-0.2, -0.15) is 0 Å². The van der Waals surface area contributed by atoms with Gasteiger partial charge in [0.25, 0.3) is 5.91 Å². The van der Waals surface area contributed by atoms with E-state index in [1.807, 2.05) is 84.9 Å². The smallest absolute Gasteiger partial charge is 0.251 e. The highest BCUT2D eigenvalue weighted by Gasteiger charge is 2.31. The second-order valence-electron chi connectivity index (χ2n) is 6.66. The average molecular weight is 356 g/mol. The predicted molar refractivity (Wildman–Crippen MR) is 107 cm³/mol. The Morgan fingerprint density at radius 3 is 2.07 bits per heavy atom. The van der Waals surface area contributed by atoms with Crippen molar-refractivity contribution in [3.05, 3.63) is 90.5 Å². The minimum atomic E-state index is -0.181. The molecule has 0 spiro atoms. The summed E-state index contributed by atoms with van der Waals surface area (Å²) in [7, 11) is 0. The monoisotopic (exact) mass is 356 g/mol. The quantitative estimate of drug-likeness (QED) is 0.771. The van der Waals surface area contributed by atoms with Crippen molar-refractivity contribution in [1.82, 2.24) is 5.32 Å². The van der Waals surface area contributed by atoms with E-state index in [0.29, 0.717) is 18.5 Å². The third-order valence-electron chi connectivity index (χ3n) is 4.78. The van der Waals surface area contributed by atoms with Crippen LogP contribution in [0.1, 0.15) is 16.8 Å². The molecule has 1 atom stereocenters. The number of benzene rings is 3.